The zero-order chi connectivity index (χ0) is 12.5. The van der Waals surface area contributed by atoms with E-state index in [1.54, 1.807) is 0 Å². The van der Waals surface area contributed by atoms with Crippen molar-refractivity contribution < 1.29 is 23.8 Å². The summed E-state index contributed by atoms with van der Waals surface area (Å²) in [6.45, 7) is 0.382. The Morgan fingerprint density at radius 1 is 1.29 bits per heavy atom. The van der Waals surface area contributed by atoms with Crippen LogP contribution in [0.25, 0.3) is 0 Å². The van der Waals surface area contributed by atoms with Crippen molar-refractivity contribution in [3.05, 3.63) is 35.9 Å². The predicted molar refractivity (Wildman–Crippen MR) is 61.9 cm³/mol. The standard InChI is InChI=1S/C10H14NO5P/c12-10(11-6-7-16-17(13)14)15-8-9-4-2-1-3-5-9/h1-5,13-14H,6-8H2,(H,11,12). The summed E-state index contributed by atoms with van der Waals surface area (Å²) in [6, 6.07) is 9.29. The third kappa shape index (κ3) is 6.86. The lowest BCUT2D eigenvalue weighted by Crippen LogP contribution is -2.27. The summed E-state index contributed by atoms with van der Waals surface area (Å²) >= 11 is 0. The fraction of sp³-hybridized carbons (Fsp3) is 0.300. The normalized spacial score (nSPS) is 10.3. The van der Waals surface area contributed by atoms with Crippen LogP contribution in [0.1, 0.15) is 5.56 Å². The van der Waals surface area contributed by atoms with E-state index in [0.717, 1.165) is 5.56 Å². The molecule has 94 valence electrons. The molecule has 0 atom stereocenters. The smallest absolute Gasteiger partial charge is 0.407 e. The first-order valence-electron chi connectivity index (χ1n) is 4.94. The van der Waals surface area contributed by atoms with E-state index in [-0.39, 0.29) is 19.8 Å². The Morgan fingerprint density at radius 3 is 2.65 bits per heavy atom. The van der Waals surface area contributed by atoms with Gasteiger partial charge < -0.3 is 24.4 Å². The van der Waals surface area contributed by atoms with Gasteiger partial charge in [0.1, 0.15) is 6.61 Å². The van der Waals surface area contributed by atoms with E-state index in [0.29, 0.717) is 0 Å². The van der Waals surface area contributed by atoms with Crippen LogP contribution in [-0.4, -0.2) is 29.0 Å². The zero-order valence-electron chi connectivity index (χ0n) is 9.07. The predicted octanol–water partition coefficient (Wildman–Crippen LogP) is 1.14. The average Bonchev–Trinajstić information content (AvgIpc) is 2.33. The maximum Gasteiger partial charge on any atom is 0.407 e. The Kier molecular flexibility index (Phi) is 6.50. The molecule has 0 aromatic heterocycles. The molecule has 0 aliphatic rings. The molecule has 0 saturated carbocycles. The van der Waals surface area contributed by atoms with E-state index in [4.69, 9.17) is 14.5 Å². The quantitative estimate of drug-likeness (QED) is 0.526. The molecular weight excluding hydrogens is 245 g/mol. The monoisotopic (exact) mass is 259 g/mol. The lowest BCUT2D eigenvalue weighted by Gasteiger charge is -2.07. The maximum atomic E-state index is 11.2. The number of rotatable bonds is 6. The number of ether oxygens (including phenoxy) is 1. The van der Waals surface area contributed by atoms with E-state index >= 15 is 0 Å². The van der Waals surface area contributed by atoms with Crippen molar-refractivity contribution in [2.24, 2.45) is 0 Å². The molecule has 7 heteroatoms. The van der Waals surface area contributed by atoms with Crippen LogP contribution in [-0.2, 0) is 15.9 Å². The van der Waals surface area contributed by atoms with Gasteiger partial charge in [0.05, 0.1) is 6.61 Å². The van der Waals surface area contributed by atoms with Gasteiger partial charge in [-0.15, -0.1) is 0 Å². The third-order valence-electron chi connectivity index (χ3n) is 1.79. The summed E-state index contributed by atoms with van der Waals surface area (Å²) in [5, 5.41) is 2.41. The Labute approximate surface area is 100 Å². The summed E-state index contributed by atoms with van der Waals surface area (Å²) in [5.41, 5.74) is 0.896. The zero-order valence-corrected chi connectivity index (χ0v) is 9.97. The number of amides is 1. The van der Waals surface area contributed by atoms with E-state index in [1.165, 1.54) is 0 Å². The lowest BCUT2D eigenvalue weighted by atomic mass is 10.2. The van der Waals surface area contributed by atoms with Crippen molar-refractivity contribution in [3.8, 4) is 0 Å². The van der Waals surface area contributed by atoms with Gasteiger partial charge in [-0.2, -0.15) is 0 Å². The largest absolute Gasteiger partial charge is 0.445 e. The molecule has 1 rings (SSSR count). The molecule has 6 nitrogen and oxygen atoms in total. The van der Waals surface area contributed by atoms with Gasteiger partial charge in [0.25, 0.3) is 0 Å². The Bertz CT molecular complexity index is 333. The molecule has 0 heterocycles. The molecule has 0 bridgehead atoms. The molecule has 0 aliphatic carbocycles. The SMILES string of the molecule is O=C(NCCOP(O)O)OCc1ccccc1. The maximum absolute atomic E-state index is 11.2. The number of hydrogen-bond acceptors (Lipinski definition) is 5. The van der Waals surface area contributed by atoms with E-state index in [9.17, 15) is 4.79 Å². The van der Waals surface area contributed by atoms with Gasteiger partial charge in [-0.25, -0.2) is 4.79 Å². The van der Waals surface area contributed by atoms with Crippen molar-refractivity contribution in [2.75, 3.05) is 13.2 Å². The third-order valence-corrected chi connectivity index (χ3v) is 2.20. The highest BCUT2D eigenvalue weighted by molar-refractivity contribution is 7.39. The summed E-state index contributed by atoms with van der Waals surface area (Å²) in [4.78, 5) is 28.0. The van der Waals surface area contributed by atoms with Crippen LogP contribution in [0.4, 0.5) is 4.79 Å². The molecule has 17 heavy (non-hydrogen) atoms. The van der Waals surface area contributed by atoms with Gasteiger partial charge >= 0.3 is 14.7 Å². The van der Waals surface area contributed by atoms with Gasteiger partial charge in [-0.3, -0.25) is 0 Å². The van der Waals surface area contributed by atoms with Crippen molar-refractivity contribution in [1.82, 2.24) is 5.32 Å². The second-order valence-corrected chi connectivity index (χ2v) is 3.84. The first-order chi connectivity index (χ1) is 8.18. The summed E-state index contributed by atoms with van der Waals surface area (Å²) in [7, 11) is -2.37. The minimum Gasteiger partial charge on any atom is -0.445 e. The van der Waals surface area contributed by atoms with Crippen molar-refractivity contribution in [1.29, 1.82) is 0 Å². The highest BCUT2D eigenvalue weighted by atomic mass is 31.2. The van der Waals surface area contributed by atoms with Crippen LogP contribution in [0.15, 0.2) is 30.3 Å². The average molecular weight is 259 g/mol. The van der Waals surface area contributed by atoms with Crippen LogP contribution in [0, 0.1) is 0 Å². The van der Waals surface area contributed by atoms with Crippen LogP contribution in [0.5, 0.6) is 0 Å². The number of hydrogen-bond donors (Lipinski definition) is 3. The Morgan fingerprint density at radius 2 is 2.00 bits per heavy atom. The fourth-order valence-electron chi connectivity index (χ4n) is 1.05. The molecular formula is C10H14NO5P. The van der Waals surface area contributed by atoms with Crippen molar-refractivity contribution >= 4 is 14.7 Å². The number of benzene rings is 1. The fourth-order valence-corrected chi connectivity index (χ4v) is 1.31. The molecule has 0 fully saturated rings. The Balaban J connectivity index is 2.09. The van der Waals surface area contributed by atoms with Crippen molar-refractivity contribution in [3.63, 3.8) is 0 Å². The van der Waals surface area contributed by atoms with Crippen LogP contribution >= 0.6 is 8.60 Å². The second-order valence-electron chi connectivity index (χ2n) is 3.07. The van der Waals surface area contributed by atoms with Gasteiger partial charge in [-0.05, 0) is 5.56 Å². The Hall–Kier alpha value is -1.20. The number of carbonyl (C=O) groups is 1. The molecule has 0 spiro atoms. The van der Waals surface area contributed by atoms with Gasteiger partial charge in [-0.1, -0.05) is 30.3 Å². The van der Waals surface area contributed by atoms with Crippen LogP contribution in [0.3, 0.4) is 0 Å². The van der Waals surface area contributed by atoms with Gasteiger partial charge in [0.15, 0.2) is 0 Å². The molecule has 1 amide bonds. The summed E-state index contributed by atoms with van der Waals surface area (Å²) < 4.78 is 9.37. The summed E-state index contributed by atoms with van der Waals surface area (Å²) in [5.74, 6) is 0. The molecule has 0 unspecified atom stereocenters. The lowest BCUT2D eigenvalue weighted by molar-refractivity contribution is 0.137. The first-order valence-corrected chi connectivity index (χ1v) is 6.10. The highest BCUT2D eigenvalue weighted by Gasteiger charge is 2.03. The van der Waals surface area contributed by atoms with E-state index in [1.807, 2.05) is 30.3 Å². The van der Waals surface area contributed by atoms with Crippen molar-refractivity contribution in [2.45, 2.75) is 6.61 Å². The molecule has 0 radical (unpaired) electrons. The first kappa shape index (κ1) is 13.9. The van der Waals surface area contributed by atoms with Crippen LogP contribution in [0.2, 0.25) is 0 Å². The number of nitrogens with one attached hydrogen (secondary N) is 1. The number of carbonyl (C=O) groups excluding carboxylic acids is 1. The highest BCUT2D eigenvalue weighted by Crippen LogP contribution is 2.22. The molecule has 0 aliphatic heterocycles. The van der Waals surface area contributed by atoms with E-state index < -0.39 is 14.7 Å². The topological polar surface area (TPSA) is 88.0 Å². The van der Waals surface area contributed by atoms with Gasteiger partial charge in [0.2, 0.25) is 0 Å². The van der Waals surface area contributed by atoms with Crippen LogP contribution < -0.4 is 5.32 Å². The summed E-state index contributed by atoms with van der Waals surface area (Å²) in [6.07, 6.45) is -0.572. The minimum atomic E-state index is -2.37. The molecule has 1 aromatic carbocycles. The van der Waals surface area contributed by atoms with Gasteiger partial charge in [0, 0.05) is 6.54 Å². The number of alkyl carbamates (subject to hydrolysis) is 1. The second kappa shape index (κ2) is 7.97. The minimum absolute atomic E-state index is 0.0269. The molecule has 1 aromatic rings. The molecule has 0 saturated heterocycles. The van der Waals surface area contributed by atoms with E-state index in [2.05, 4.69) is 9.84 Å². The molecule has 3 N–H and O–H groups in total.